The molecule has 0 bridgehead atoms. The summed E-state index contributed by atoms with van der Waals surface area (Å²) in [7, 11) is 2.04. The number of likely N-dealkylation sites (tertiary alicyclic amines) is 2. The second-order valence-corrected chi connectivity index (χ2v) is 9.98. The van der Waals surface area contributed by atoms with Crippen molar-refractivity contribution in [3.63, 3.8) is 0 Å². The smallest absolute Gasteiger partial charge is 0.415 e. The number of hydrogen-bond donors (Lipinski definition) is 0. The Hall–Kier alpha value is -3.00. The molecule has 2 aromatic carbocycles. The number of hydrogen-bond acceptors (Lipinski definition) is 4. The van der Waals surface area contributed by atoms with Crippen LogP contribution in [0, 0.1) is 17.0 Å². The molecule has 2 amide bonds. The lowest BCUT2D eigenvalue weighted by Gasteiger charge is -2.42. The molecule has 3 aliphatic heterocycles. The lowest BCUT2D eigenvalue weighted by molar-refractivity contribution is -0.144. The van der Waals surface area contributed by atoms with E-state index < -0.39 is 22.9 Å². The highest BCUT2D eigenvalue weighted by Crippen LogP contribution is 2.41. The summed E-state index contributed by atoms with van der Waals surface area (Å²) in [6.45, 7) is 2.66. The zero-order chi connectivity index (χ0) is 23.9. The Kier molecular flexibility index (Phi) is 5.80. The van der Waals surface area contributed by atoms with Gasteiger partial charge < -0.3 is 14.5 Å². The van der Waals surface area contributed by atoms with Gasteiger partial charge in [0, 0.05) is 13.0 Å². The van der Waals surface area contributed by atoms with Gasteiger partial charge in [0.2, 0.25) is 5.91 Å². The molecule has 0 aromatic heterocycles. The van der Waals surface area contributed by atoms with Crippen molar-refractivity contribution >= 4 is 17.7 Å². The van der Waals surface area contributed by atoms with Crippen LogP contribution >= 0.6 is 0 Å². The second-order valence-electron chi connectivity index (χ2n) is 9.98. The van der Waals surface area contributed by atoms with E-state index in [4.69, 9.17) is 4.74 Å². The molecule has 3 saturated heterocycles. The highest BCUT2D eigenvalue weighted by Gasteiger charge is 2.53. The third kappa shape index (κ3) is 4.27. The van der Waals surface area contributed by atoms with Crippen molar-refractivity contribution in [2.45, 2.75) is 31.3 Å². The summed E-state index contributed by atoms with van der Waals surface area (Å²) in [6.07, 6.45) is 1.88. The van der Waals surface area contributed by atoms with Crippen molar-refractivity contribution in [1.29, 1.82) is 0 Å². The van der Waals surface area contributed by atoms with Gasteiger partial charge in [0.15, 0.2) is 5.60 Å². The van der Waals surface area contributed by atoms with Gasteiger partial charge in [-0.25, -0.2) is 13.6 Å². The van der Waals surface area contributed by atoms with Gasteiger partial charge in [0.05, 0.1) is 24.2 Å². The Bertz CT molecular complexity index is 1100. The third-order valence-electron chi connectivity index (χ3n) is 7.52. The van der Waals surface area contributed by atoms with Crippen LogP contribution in [0.15, 0.2) is 48.5 Å². The Morgan fingerprint density at radius 2 is 1.68 bits per heavy atom. The molecule has 3 aliphatic rings. The number of halogens is 2. The number of ether oxygens (including phenoxy) is 1. The average Bonchev–Trinajstić information content (AvgIpc) is 3.37. The summed E-state index contributed by atoms with van der Waals surface area (Å²) in [5.41, 5.74) is -0.151. The van der Waals surface area contributed by atoms with Gasteiger partial charge in [-0.3, -0.25) is 9.69 Å². The van der Waals surface area contributed by atoms with Crippen LogP contribution in [0.3, 0.4) is 0 Å². The minimum Gasteiger partial charge on any atom is -0.439 e. The van der Waals surface area contributed by atoms with Gasteiger partial charge in [0.1, 0.15) is 11.6 Å². The van der Waals surface area contributed by atoms with E-state index in [0.717, 1.165) is 18.7 Å². The maximum atomic E-state index is 13.9. The molecule has 3 fully saturated rings. The number of carbonyl (C=O) groups is 2. The molecule has 0 N–H and O–H groups in total. The summed E-state index contributed by atoms with van der Waals surface area (Å²) in [5, 5.41) is 0. The van der Waals surface area contributed by atoms with Crippen LogP contribution < -0.4 is 4.90 Å². The maximum absolute atomic E-state index is 13.9. The summed E-state index contributed by atoms with van der Waals surface area (Å²) in [5.74, 6) is -0.679. The number of rotatable bonds is 4. The molecule has 0 radical (unpaired) electrons. The van der Waals surface area contributed by atoms with Crippen molar-refractivity contribution in [3.05, 3.63) is 65.7 Å². The van der Waals surface area contributed by atoms with Gasteiger partial charge in [0.25, 0.3) is 0 Å². The first kappa shape index (κ1) is 22.8. The van der Waals surface area contributed by atoms with Gasteiger partial charge in [-0.2, -0.15) is 0 Å². The van der Waals surface area contributed by atoms with E-state index in [1.807, 2.05) is 18.0 Å². The number of carbonyl (C=O) groups excluding carboxylic acids is 2. The van der Waals surface area contributed by atoms with Crippen LogP contribution in [0.2, 0.25) is 0 Å². The molecule has 0 unspecified atom stereocenters. The van der Waals surface area contributed by atoms with Crippen molar-refractivity contribution in [1.82, 2.24) is 9.80 Å². The summed E-state index contributed by atoms with van der Waals surface area (Å²) in [4.78, 5) is 32.0. The molecular formula is C26H29F2N3O3. The molecule has 2 aromatic rings. The molecule has 6 nitrogen and oxygen atoms in total. The standard InChI is InChI=1S/C26H29F2N3O3/c1-29-11-8-25(9-12-29,16-19-4-2-5-20(27)14-19)23(32)30-13-10-26(17-30)18-31(24(33)34-26)22-7-3-6-21(28)15-22/h2-7,14-15H,8-13,16-18H2,1H3/t26-/m0/s1. The lowest BCUT2D eigenvalue weighted by atomic mass is 9.72. The summed E-state index contributed by atoms with van der Waals surface area (Å²) >= 11 is 0. The second kappa shape index (κ2) is 8.65. The normalized spacial score (nSPS) is 24.6. The topological polar surface area (TPSA) is 53.1 Å². The molecule has 180 valence electrons. The predicted octanol–water partition coefficient (Wildman–Crippen LogP) is 3.85. The van der Waals surface area contributed by atoms with Crippen LogP contribution in [0.25, 0.3) is 0 Å². The van der Waals surface area contributed by atoms with E-state index in [2.05, 4.69) is 4.90 Å². The Labute approximate surface area is 198 Å². The molecule has 34 heavy (non-hydrogen) atoms. The Morgan fingerprint density at radius 1 is 0.971 bits per heavy atom. The largest absolute Gasteiger partial charge is 0.439 e. The fourth-order valence-corrected chi connectivity index (χ4v) is 5.58. The van der Waals surface area contributed by atoms with Crippen molar-refractivity contribution < 1.29 is 23.1 Å². The highest BCUT2D eigenvalue weighted by molar-refractivity contribution is 5.91. The number of amides is 2. The molecule has 8 heteroatoms. The first-order valence-corrected chi connectivity index (χ1v) is 11.8. The first-order valence-electron chi connectivity index (χ1n) is 11.8. The molecular weight excluding hydrogens is 440 g/mol. The van der Waals surface area contributed by atoms with E-state index in [0.29, 0.717) is 44.5 Å². The number of piperidine rings is 1. The van der Waals surface area contributed by atoms with Crippen LogP contribution in [0.1, 0.15) is 24.8 Å². The third-order valence-corrected chi connectivity index (χ3v) is 7.52. The van der Waals surface area contributed by atoms with E-state index >= 15 is 0 Å². The molecule has 0 aliphatic carbocycles. The van der Waals surface area contributed by atoms with E-state index in [1.54, 1.807) is 18.2 Å². The zero-order valence-corrected chi connectivity index (χ0v) is 19.3. The van der Waals surface area contributed by atoms with E-state index in [1.165, 1.54) is 29.2 Å². The van der Waals surface area contributed by atoms with Crippen molar-refractivity contribution in [2.24, 2.45) is 5.41 Å². The highest BCUT2D eigenvalue weighted by atomic mass is 19.1. The zero-order valence-electron chi connectivity index (χ0n) is 19.3. The molecule has 3 heterocycles. The van der Waals surface area contributed by atoms with E-state index in [9.17, 15) is 18.4 Å². The van der Waals surface area contributed by atoms with Gasteiger partial charge >= 0.3 is 6.09 Å². The van der Waals surface area contributed by atoms with Crippen molar-refractivity contribution in [2.75, 3.05) is 44.7 Å². The summed E-state index contributed by atoms with van der Waals surface area (Å²) < 4.78 is 33.4. The van der Waals surface area contributed by atoms with Crippen LogP contribution in [-0.2, 0) is 16.0 Å². The fraction of sp³-hybridized carbons (Fsp3) is 0.462. The monoisotopic (exact) mass is 469 g/mol. The summed E-state index contributed by atoms with van der Waals surface area (Å²) in [6, 6.07) is 12.3. The minimum atomic E-state index is -0.801. The van der Waals surface area contributed by atoms with Gasteiger partial charge in [-0.15, -0.1) is 0 Å². The van der Waals surface area contributed by atoms with Crippen LogP contribution in [0.5, 0.6) is 0 Å². The average molecular weight is 470 g/mol. The number of benzene rings is 2. The molecule has 5 rings (SSSR count). The SMILES string of the molecule is CN1CCC(Cc2cccc(F)c2)(C(=O)N2CC[C@]3(C2)CN(c2cccc(F)c2)C(=O)O3)CC1. The molecule has 1 atom stereocenters. The van der Waals surface area contributed by atoms with Crippen LogP contribution in [0.4, 0.5) is 19.3 Å². The Balaban J connectivity index is 1.35. The molecule has 1 spiro atoms. The molecule has 0 saturated carbocycles. The maximum Gasteiger partial charge on any atom is 0.415 e. The Morgan fingerprint density at radius 3 is 2.38 bits per heavy atom. The minimum absolute atomic E-state index is 0.0435. The van der Waals surface area contributed by atoms with Crippen LogP contribution in [-0.4, -0.2) is 67.2 Å². The predicted molar refractivity (Wildman–Crippen MR) is 123 cm³/mol. The van der Waals surface area contributed by atoms with Gasteiger partial charge in [-0.05, 0) is 75.3 Å². The first-order chi connectivity index (χ1) is 16.3. The quantitative estimate of drug-likeness (QED) is 0.683. The number of anilines is 1. The lowest BCUT2D eigenvalue weighted by Crippen LogP contribution is -2.51. The fourth-order valence-electron chi connectivity index (χ4n) is 5.58. The van der Waals surface area contributed by atoms with E-state index in [-0.39, 0.29) is 18.3 Å². The number of nitrogens with zero attached hydrogens (tertiary/aromatic N) is 3. The van der Waals surface area contributed by atoms with Gasteiger partial charge in [-0.1, -0.05) is 18.2 Å². The van der Waals surface area contributed by atoms with Crippen molar-refractivity contribution in [3.8, 4) is 0 Å².